The van der Waals surface area contributed by atoms with Crippen LogP contribution < -0.4 is 0 Å². The Morgan fingerprint density at radius 3 is 0.824 bits per heavy atom. The second kappa shape index (κ2) is 5.30. The van der Waals surface area contributed by atoms with Gasteiger partial charge in [-0.15, -0.1) is 0 Å². The van der Waals surface area contributed by atoms with E-state index in [4.69, 9.17) is 12.3 Å². The molecule has 104 valence electrons. The molecule has 0 aromatic heterocycles. The average Bonchev–Trinajstić information content (AvgIpc) is 1.65. The van der Waals surface area contributed by atoms with Gasteiger partial charge in [0.1, 0.15) is 0 Å². The van der Waals surface area contributed by atoms with Crippen LogP contribution in [0.25, 0.3) is 0 Å². The summed E-state index contributed by atoms with van der Waals surface area (Å²) in [5.74, 6) is 0. The minimum absolute atomic E-state index is 1.43. The highest BCUT2D eigenvalue weighted by molar-refractivity contribution is 6.83. The van der Waals surface area contributed by atoms with Crippen molar-refractivity contribution in [1.82, 2.24) is 0 Å². The predicted molar refractivity (Wildman–Crippen MR) is 70.3 cm³/mol. The summed E-state index contributed by atoms with van der Waals surface area (Å²) >= 11 is 0. The van der Waals surface area contributed by atoms with E-state index < -0.39 is 34.7 Å². The van der Waals surface area contributed by atoms with Crippen molar-refractivity contribution in [1.29, 1.82) is 0 Å². The van der Waals surface area contributed by atoms with Crippen molar-refractivity contribution in [3.05, 3.63) is 0 Å². The minimum atomic E-state index is -4.22. The average molecular weight is 319 g/mol. The molecule has 0 amide bonds. The molecule has 0 spiro atoms. The summed E-state index contributed by atoms with van der Waals surface area (Å²) in [6.07, 6.45) is 0. The molecule has 0 bridgehead atoms. The van der Waals surface area contributed by atoms with Crippen LogP contribution in [0.15, 0.2) is 0 Å². The molecule has 0 radical (unpaired) electrons. The van der Waals surface area contributed by atoms with Gasteiger partial charge < -0.3 is 31.5 Å². The summed E-state index contributed by atoms with van der Waals surface area (Å²) in [7, 11) is -13.5. The summed E-state index contributed by atoms with van der Waals surface area (Å²) in [4.78, 5) is 39.1. The van der Waals surface area contributed by atoms with Gasteiger partial charge in [0, 0.05) is 0 Å². The van der Waals surface area contributed by atoms with Crippen molar-refractivity contribution in [3.8, 4) is 0 Å². The number of hydrogen-bond acceptors (Lipinski definition) is 7. The summed E-state index contributed by atoms with van der Waals surface area (Å²) < 4.78 is 15.2. The Labute approximate surface area is 106 Å². The highest BCUT2D eigenvalue weighted by atomic mass is 28.5. The molecule has 0 heterocycles. The molecule has 17 heavy (non-hydrogen) atoms. The fourth-order valence-corrected chi connectivity index (χ4v) is 10.2. The van der Waals surface area contributed by atoms with Gasteiger partial charge in [-0.1, -0.05) is 0 Å². The molecule has 0 fully saturated rings. The topological polar surface area (TPSA) is 109 Å². The summed E-state index contributed by atoms with van der Waals surface area (Å²) in [6.45, 7) is 8.56. The van der Waals surface area contributed by atoms with Gasteiger partial charge in [-0.3, -0.25) is 0 Å². The third-order valence-electron chi connectivity index (χ3n) is 1.14. The summed E-state index contributed by atoms with van der Waals surface area (Å²) in [6, 6.07) is 0. The molecule has 0 saturated carbocycles. The Hall–Kier alpha value is 0.588. The smallest absolute Gasteiger partial charge is 0.411 e. The normalized spacial score (nSPS) is 15.2. The Kier molecular flexibility index (Phi) is 5.48. The van der Waals surface area contributed by atoms with Crippen molar-refractivity contribution in [2.24, 2.45) is 0 Å². The first-order valence-corrected chi connectivity index (χ1v) is 15.4. The monoisotopic (exact) mass is 318 g/mol. The van der Waals surface area contributed by atoms with E-state index in [0.717, 1.165) is 0 Å². The van der Waals surface area contributed by atoms with Crippen molar-refractivity contribution >= 4 is 34.7 Å². The van der Waals surface area contributed by atoms with E-state index in [9.17, 15) is 19.2 Å². The van der Waals surface area contributed by atoms with Gasteiger partial charge in [-0.05, 0) is 39.3 Å². The van der Waals surface area contributed by atoms with Gasteiger partial charge in [-0.2, -0.15) is 0 Å². The van der Waals surface area contributed by atoms with E-state index in [2.05, 4.69) is 0 Å². The first-order chi connectivity index (χ1) is 7.12. The van der Waals surface area contributed by atoms with E-state index in [1.165, 1.54) is 39.3 Å². The maximum atomic E-state index is 10.1. The SMILES string of the molecule is C[Si](C)(O)O[Si](O)(O[Si](C)(C)O)O[Si](C)(C)O. The molecule has 0 aromatic rings. The zero-order valence-corrected chi connectivity index (χ0v) is 15.0. The lowest BCUT2D eigenvalue weighted by Crippen LogP contribution is -2.62. The zero-order chi connectivity index (χ0) is 14.1. The largest absolute Gasteiger partial charge is 0.649 e. The van der Waals surface area contributed by atoms with Crippen molar-refractivity contribution < 1.29 is 31.5 Å². The predicted octanol–water partition coefficient (Wildman–Crippen LogP) is -0.454. The third-order valence-corrected chi connectivity index (χ3v) is 10.2. The van der Waals surface area contributed by atoms with Gasteiger partial charge in [-0.25, -0.2) is 0 Å². The van der Waals surface area contributed by atoms with E-state index in [0.29, 0.717) is 0 Å². The van der Waals surface area contributed by atoms with Crippen LogP contribution >= 0.6 is 0 Å². The summed E-state index contributed by atoms with van der Waals surface area (Å²) in [5.41, 5.74) is 0. The molecule has 0 unspecified atom stereocenters. The molecule has 11 heteroatoms. The quantitative estimate of drug-likeness (QED) is 0.491. The van der Waals surface area contributed by atoms with Crippen molar-refractivity contribution in [3.63, 3.8) is 0 Å². The van der Waals surface area contributed by atoms with Crippen LogP contribution in [-0.2, 0) is 12.3 Å². The molecule has 0 aliphatic rings. The molecule has 4 N–H and O–H groups in total. The van der Waals surface area contributed by atoms with Crippen molar-refractivity contribution in [2.75, 3.05) is 0 Å². The fourth-order valence-electron chi connectivity index (χ4n) is 1.01. The van der Waals surface area contributed by atoms with Crippen molar-refractivity contribution in [2.45, 2.75) is 39.3 Å². The highest BCUT2D eigenvalue weighted by Gasteiger charge is 2.53. The van der Waals surface area contributed by atoms with E-state index in [-0.39, 0.29) is 0 Å². The van der Waals surface area contributed by atoms with Gasteiger partial charge >= 0.3 is 34.7 Å². The molecule has 0 saturated heterocycles. The van der Waals surface area contributed by atoms with Gasteiger partial charge in [0.2, 0.25) is 0 Å². The van der Waals surface area contributed by atoms with E-state index in [1.54, 1.807) is 0 Å². The Morgan fingerprint density at radius 1 is 0.529 bits per heavy atom. The lowest BCUT2D eigenvalue weighted by molar-refractivity contribution is 0.102. The van der Waals surface area contributed by atoms with E-state index >= 15 is 0 Å². The second-order valence-electron chi connectivity index (χ2n) is 5.17. The van der Waals surface area contributed by atoms with Crippen LogP contribution in [0, 0.1) is 0 Å². The molecule has 7 nitrogen and oxygen atoms in total. The first kappa shape index (κ1) is 17.6. The molecular weight excluding hydrogens is 296 g/mol. The lowest BCUT2D eigenvalue weighted by Gasteiger charge is -2.35. The standard InChI is InChI=1S/C6H22O7Si4/c1-14(2,7)11-17(10,12-15(3,4)8)13-16(5,6)9/h7-10H,1-6H3. The second-order valence-corrected chi connectivity index (χ2v) is 17.3. The number of hydrogen-bond donors (Lipinski definition) is 4. The Balaban J connectivity index is 4.95. The minimum Gasteiger partial charge on any atom is -0.411 e. The highest BCUT2D eigenvalue weighted by Crippen LogP contribution is 2.20. The maximum Gasteiger partial charge on any atom is 0.649 e. The van der Waals surface area contributed by atoms with Crippen LogP contribution in [0.5, 0.6) is 0 Å². The van der Waals surface area contributed by atoms with Crippen LogP contribution in [-0.4, -0.2) is 53.9 Å². The Bertz CT molecular complexity index is 212. The van der Waals surface area contributed by atoms with Gasteiger partial charge in [0.05, 0.1) is 0 Å². The fraction of sp³-hybridized carbons (Fsp3) is 1.00. The number of rotatable bonds is 6. The van der Waals surface area contributed by atoms with Gasteiger partial charge in [0.15, 0.2) is 0 Å². The maximum absolute atomic E-state index is 10.1. The van der Waals surface area contributed by atoms with Crippen LogP contribution in [0.1, 0.15) is 0 Å². The zero-order valence-electron chi connectivity index (χ0n) is 11.0. The molecule has 0 aliphatic heterocycles. The van der Waals surface area contributed by atoms with Crippen LogP contribution in [0.3, 0.4) is 0 Å². The molecule has 0 atom stereocenters. The van der Waals surface area contributed by atoms with Gasteiger partial charge in [0.25, 0.3) is 0 Å². The Morgan fingerprint density at radius 2 is 0.706 bits per heavy atom. The van der Waals surface area contributed by atoms with Crippen LogP contribution in [0.2, 0.25) is 39.3 Å². The molecule has 0 aliphatic carbocycles. The summed E-state index contributed by atoms with van der Waals surface area (Å²) in [5, 5.41) is 0. The van der Waals surface area contributed by atoms with Crippen LogP contribution in [0.4, 0.5) is 0 Å². The van der Waals surface area contributed by atoms with E-state index in [1.807, 2.05) is 0 Å². The third kappa shape index (κ3) is 10.2. The molecular formula is C6H22O7Si4. The lowest BCUT2D eigenvalue weighted by atomic mass is 11.9. The molecule has 0 rings (SSSR count). The molecule has 0 aromatic carbocycles. The first-order valence-electron chi connectivity index (χ1n) is 5.12.